The van der Waals surface area contributed by atoms with Gasteiger partial charge in [-0.15, -0.1) is 0 Å². The predicted molar refractivity (Wildman–Crippen MR) is 160 cm³/mol. The molecule has 3 amide bonds. The maximum absolute atomic E-state index is 13.6. The molecule has 0 aromatic heterocycles. The smallest absolute Gasteiger partial charge is 0.259 e. The molecule has 3 aromatic rings. The third-order valence-electron chi connectivity index (χ3n) is 7.13. The monoisotopic (exact) mass is 583 g/mol. The number of para-hydroxylation sites is 1. The third kappa shape index (κ3) is 5.73. The van der Waals surface area contributed by atoms with Gasteiger partial charge in [0.05, 0.1) is 17.9 Å². The Bertz CT molecular complexity index is 1590. The molecule has 11 heteroatoms. The Morgan fingerprint density at radius 3 is 2.64 bits per heavy atom. The number of nitrogens with one attached hydrogen (secondary N) is 1. The van der Waals surface area contributed by atoms with Crippen molar-refractivity contribution >= 4 is 46.2 Å². The van der Waals surface area contributed by atoms with Gasteiger partial charge < -0.3 is 19.7 Å². The Kier molecular flexibility index (Phi) is 7.91. The second kappa shape index (κ2) is 12.1. The van der Waals surface area contributed by atoms with Gasteiger partial charge in [0.15, 0.2) is 16.7 Å². The van der Waals surface area contributed by atoms with Gasteiger partial charge in [0.2, 0.25) is 18.6 Å². The molecule has 0 fully saturated rings. The number of carbonyl (C=O) groups is 3. The van der Waals surface area contributed by atoms with E-state index < -0.39 is 6.04 Å². The van der Waals surface area contributed by atoms with Gasteiger partial charge in [0, 0.05) is 25.2 Å². The highest BCUT2D eigenvalue weighted by Crippen LogP contribution is 2.35. The number of hydrogen-bond donors (Lipinski definition) is 1. The molecule has 3 aliphatic heterocycles. The standard InChI is InChI=1S/C31H29N5O5S/c1-2-35(17-20-8-4-3-5-9-20)28(38)18-42-31-34-23-11-7-6-10-22(23)29-33-24(30(39)36(29)31)15-27(37)32-16-21-12-13-25-26(14-21)41-19-40-25/h3-14,24H,2,15-19H2,1H3,(H,32,37). The summed E-state index contributed by atoms with van der Waals surface area (Å²) in [5.74, 6) is 1.17. The lowest BCUT2D eigenvalue weighted by molar-refractivity contribution is -0.129. The number of hydrogen-bond acceptors (Lipinski definition) is 8. The topological polar surface area (TPSA) is 113 Å². The zero-order valence-electron chi connectivity index (χ0n) is 23.0. The molecule has 1 N–H and O–H groups in total. The van der Waals surface area contributed by atoms with Crippen LogP contribution in [0.1, 0.15) is 30.0 Å². The number of nitrogens with zero attached hydrogens (tertiary/aromatic N) is 4. The summed E-state index contributed by atoms with van der Waals surface area (Å²) in [5, 5.41) is 3.25. The van der Waals surface area contributed by atoms with Gasteiger partial charge in [0.25, 0.3) is 5.91 Å². The molecular formula is C31H29N5O5S. The molecule has 3 aliphatic rings. The predicted octanol–water partition coefficient (Wildman–Crippen LogP) is 3.86. The van der Waals surface area contributed by atoms with Crippen LogP contribution in [0.4, 0.5) is 5.69 Å². The van der Waals surface area contributed by atoms with Crippen LogP contribution in [0.3, 0.4) is 0 Å². The van der Waals surface area contributed by atoms with Gasteiger partial charge in [-0.05, 0) is 42.3 Å². The van der Waals surface area contributed by atoms with E-state index in [0.717, 1.165) is 11.1 Å². The maximum atomic E-state index is 13.6. The first-order chi connectivity index (χ1) is 20.5. The minimum absolute atomic E-state index is 0.0579. The van der Waals surface area contributed by atoms with E-state index in [9.17, 15) is 14.4 Å². The Labute approximate surface area is 247 Å². The first-order valence-corrected chi connectivity index (χ1v) is 14.7. The second-order valence-electron chi connectivity index (χ2n) is 9.90. The van der Waals surface area contributed by atoms with Gasteiger partial charge in [-0.25, -0.2) is 9.89 Å². The van der Waals surface area contributed by atoms with Crippen molar-refractivity contribution in [3.8, 4) is 11.5 Å². The van der Waals surface area contributed by atoms with Crippen molar-refractivity contribution in [2.45, 2.75) is 32.5 Å². The number of amidine groups is 2. The molecule has 214 valence electrons. The lowest BCUT2D eigenvalue weighted by atomic mass is 10.1. The Morgan fingerprint density at radius 2 is 1.81 bits per heavy atom. The van der Waals surface area contributed by atoms with Crippen LogP contribution >= 0.6 is 11.8 Å². The number of carbonyl (C=O) groups excluding carboxylic acids is 3. The summed E-state index contributed by atoms with van der Waals surface area (Å²) in [4.78, 5) is 52.2. The fraction of sp³-hybridized carbons (Fsp3) is 0.258. The lowest BCUT2D eigenvalue weighted by Crippen LogP contribution is -2.42. The summed E-state index contributed by atoms with van der Waals surface area (Å²) in [6.45, 7) is 3.46. The quantitative estimate of drug-likeness (QED) is 0.409. The Morgan fingerprint density at radius 1 is 1.02 bits per heavy atom. The van der Waals surface area contributed by atoms with E-state index in [1.807, 2.05) is 73.7 Å². The van der Waals surface area contributed by atoms with Crippen LogP contribution in [0, 0.1) is 0 Å². The number of rotatable bonds is 9. The van der Waals surface area contributed by atoms with Crippen LogP contribution < -0.4 is 14.8 Å². The molecule has 0 saturated carbocycles. The third-order valence-corrected chi connectivity index (χ3v) is 8.05. The summed E-state index contributed by atoms with van der Waals surface area (Å²) in [7, 11) is 0. The number of fused-ring (bicyclic) bond motifs is 4. The van der Waals surface area contributed by atoms with Crippen LogP contribution in [0.25, 0.3) is 0 Å². The fourth-order valence-electron chi connectivity index (χ4n) is 4.93. The molecule has 1 unspecified atom stereocenters. The molecule has 0 radical (unpaired) electrons. The molecule has 3 aromatic carbocycles. The van der Waals surface area contributed by atoms with Gasteiger partial charge >= 0.3 is 0 Å². The van der Waals surface area contributed by atoms with Crippen molar-refractivity contribution in [3.05, 3.63) is 89.5 Å². The summed E-state index contributed by atoms with van der Waals surface area (Å²) < 4.78 is 10.7. The van der Waals surface area contributed by atoms with Crippen molar-refractivity contribution in [2.24, 2.45) is 9.98 Å². The van der Waals surface area contributed by atoms with Crippen LogP contribution in [-0.4, -0.2) is 63.7 Å². The first-order valence-electron chi connectivity index (χ1n) is 13.7. The Balaban J connectivity index is 1.13. The number of amides is 3. The van der Waals surface area contributed by atoms with E-state index in [0.29, 0.717) is 46.8 Å². The van der Waals surface area contributed by atoms with Crippen LogP contribution in [0.5, 0.6) is 11.5 Å². The summed E-state index contributed by atoms with van der Waals surface area (Å²) in [5.41, 5.74) is 3.28. The van der Waals surface area contributed by atoms with Gasteiger partial charge in [-0.3, -0.25) is 19.4 Å². The van der Waals surface area contributed by atoms with Crippen molar-refractivity contribution < 1.29 is 23.9 Å². The summed E-state index contributed by atoms with van der Waals surface area (Å²) in [6, 6.07) is 21.8. The molecule has 6 rings (SSSR count). The largest absolute Gasteiger partial charge is 0.454 e. The highest BCUT2D eigenvalue weighted by atomic mass is 32.2. The number of ether oxygens (including phenoxy) is 2. The maximum Gasteiger partial charge on any atom is 0.259 e. The highest BCUT2D eigenvalue weighted by Gasteiger charge is 2.42. The lowest BCUT2D eigenvalue weighted by Gasteiger charge is -2.26. The van der Waals surface area contributed by atoms with E-state index >= 15 is 0 Å². The molecule has 3 heterocycles. The number of thioether (sulfide) groups is 1. The summed E-state index contributed by atoms with van der Waals surface area (Å²) in [6.07, 6.45) is -0.108. The fourth-order valence-corrected chi connectivity index (χ4v) is 5.83. The van der Waals surface area contributed by atoms with Crippen LogP contribution in [-0.2, 0) is 27.5 Å². The van der Waals surface area contributed by atoms with E-state index in [1.165, 1.54) is 16.7 Å². The highest BCUT2D eigenvalue weighted by molar-refractivity contribution is 8.14. The molecule has 1 atom stereocenters. The Hall–Kier alpha value is -4.64. The average molecular weight is 584 g/mol. The second-order valence-corrected chi connectivity index (χ2v) is 10.8. The first kappa shape index (κ1) is 27.5. The number of benzene rings is 3. The molecule has 10 nitrogen and oxygen atoms in total. The molecule has 0 saturated heterocycles. The van der Waals surface area contributed by atoms with Gasteiger partial charge in [-0.2, -0.15) is 0 Å². The zero-order valence-corrected chi connectivity index (χ0v) is 23.8. The van der Waals surface area contributed by atoms with Crippen molar-refractivity contribution in [2.75, 3.05) is 19.1 Å². The molecule has 42 heavy (non-hydrogen) atoms. The van der Waals surface area contributed by atoms with Gasteiger partial charge in [0.1, 0.15) is 11.9 Å². The molecule has 0 bridgehead atoms. The van der Waals surface area contributed by atoms with Crippen molar-refractivity contribution in [3.63, 3.8) is 0 Å². The summed E-state index contributed by atoms with van der Waals surface area (Å²) >= 11 is 1.20. The SMILES string of the molecule is CCN(Cc1ccccc1)C(=O)CSC1=Nc2ccccc2C2=NC(CC(=O)NCc3ccc4c(c3)OCO4)C(=O)N12. The van der Waals surface area contributed by atoms with E-state index in [-0.39, 0.29) is 43.2 Å². The molecular weight excluding hydrogens is 554 g/mol. The van der Waals surface area contributed by atoms with Crippen molar-refractivity contribution in [1.29, 1.82) is 0 Å². The van der Waals surface area contributed by atoms with E-state index in [2.05, 4.69) is 10.3 Å². The average Bonchev–Trinajstić information content (AvgIpc) is 3.62. The van der Waals surface area contributed by atoms with Crippen LogP contribution in [0.2, 0.25) is 0 Å². The molecule has 0 aliphatic carbocycles. The van der Waals surface area contributed by atoms with Gasteiger partial charge in [-0.1, -0.05) is 60.3 Å². The van der Waals surface area contributed by atoms with Crippen molar-refractivity contribution in [1.82, 2.24) is 15.1 Å². The number of aliphatic imine (C=N–C) groups is 2. The normalized spacial score (nSPS) is 16.4. The minimum Gasteiger partial charge on any atom is -0.454 e. The van der Waals surface area contributed by atoms with Crippen LogP contribution in [0.15, 0.2) is 82.8 Å². The molecule has 0 spiro atoms. The zero-order chi connectivity index (χ0) is 29.1. The van der Waals surface area contributed by atoms with E-state index in [4.69, 9.17) is 14.5 Å². The minimum atomic E-state index is -0.894. The van der Waals surface area contributed by atoms with E-state index in [1.54, 1.807) is 11.0 Å².